The molecule has 0 aliphatic carbocycles. The summed E-state index contributed by atoms with van der Waals surface area (Å²) >= 11 is 0. The summed E-state index contributed by atoms with van der Waals surface area (Å²) in [5.74, 6) is -2.95. The van der Waals surface area contributed by atoms with Gasteiger partial charge in [-0.25, -0.2) is 0 Å². The van der Waals surface area contributed by atoms with E-state index in [1.54, 1.807) is 6.07 Å². The average molecular weight is 548 g/mol. The quantitative estimate of drug-likeness (QED) is 0.187. The van der Waals surface area contributed by atoms with Crippen LogP contribution < -0.4 is 27.4 Å². The van der Waals surface area contributed by atoms with Gasteiger partial charge in [-0.3, -0.25) is 24.2 Å². The highest BCUT2D eigenvalue weighted by atomic mass is 16.3. The molecule has 1 aromatic heterocycles. The van der Waals surface area contributed by atoms with Crippen molar-refractivity contribution in [2.45, 2.75) is 50.2 Å². The third kappa shape index (κ3) is 9.03. The van der Waals surface area contributed by atoms with Crippen LogP contribution in [0.2, 0.25) is 0 Å². The fraction of sp³-hybridized carbons (Fsp3) is 0.321. The van der Waals surface area contributed by atoms with Crippen LogP contribution >= 0.6 is 0 Å². The van der Waals surface area contributed by atoms with E-state index in [1.807, 2.05) is 54.6 Å². The van der Waals surface area contributed by atoms with Gasteiger partial charge in [0.25, 0.3) is 5.91 Å². The Bertz CT molecular complexity index is 1330. The number of para-hydroxylation sites is 1. The van der Waals surface area contributed by atoms with Crippen molar-refractivity contribution in [2.24, 2.45) is 16.6 Å². The maximum absolute atomic E-state index is 13.4. The monoisotopic (exact) mass is 547 g/mol. The zero-order valence-corrected chi connectivity index (χ0v) is 21.9. The summed E-state index contributed by atoms with van der Waals surface area (Å²) in [4.78, 5) is 65.2. The molecule has 1 heterocycles. The number of hydrogen-bond donors (Lipinski definition) is 5. The molecule has 40 heavy (non-hydrogen) atoms. The first-order chi connectivity index (χ1) is 19.3. The smallest absolute Gasteiger partial charge is 0.288 e. The zero-order chi connectivity index (χ0) is 28.9. The van der Waals surface area contributed by atoms with E-state index in [4.69, 9.17) is 11.5 Å². The highest BCUT2D eigenvalue weighted by Gasteiger charge is 2.28. The number of hydrogen-bond acceptors (Lipinski definition) is 8. The lowest BCUT2D eigenvalue weighted by Gasteiger charge is -2.24. The van der Waals surface area contributed by atoms with Crippen LogP contribution in [-0.4, -0.2) is 53.3 Å². The molecule has 0 saturated carbocycles. The van der Waals surface area contributed by atoms with Crippen LogP contribution in [0.3, 0.4) is 0 Å². The Morgan fingerprint density at radius 3 is 2.27 bits per heavy atom. The second kappa shape index (κ2) is 15.1. The van der Waals surface area contributed by atoms with Gasteiger partial charge in [-0.2, -0.15) is 0 Å². The Morgan fingerprint density at radius 1 is 0.875 bits per heavy atom. The Labute approximate surface area is 231 Å². The van der Waals surface area contributed by atoms with Crippen molar-refractivity contribution in [1.29, 1.82) is 0 Å². The standard InChI is InChI=1S/C28H33N7O5/c29-14-6-11-23(33-26(37)21(30)16-25(36)35-40)28(39)34-24(13-12-18-7-2-1-3-8-18)27(38)32-20-15-19-9-4-5-10-22(19)31-17-20/h1-5,7-10,15,17,21,23-24H,6,11-14,16,29-30H2,(H,32,38)(H,33,37)(H,34,39)/t21-,23-,24+/m0/s1. The molecule has 0 unspecified atom stereocenters. The molecule has 7 N–H and O–H groups in total. The molecule has 2 aromatic carbocycles. The van der Waals surface area contributed by atoms with Gasteiger partial charge in [0.15, 0.2) is 0 Å². The molecule has 0 fully saturated rings. The van der Waals surface area contributed by atoms with E-state index in [0.717, 1.165) is 16.5 Å². The highest BCUT2D eigenvalue weighted by molar-refractivity contribution is 5.99. The number of nitrogens with zero attached hydrogens (tertiary/aromatic N) is 2. The fourth-order valence-corrected chi connectivity index (χ4v) is 4.05. The fourth-order valence-electron chi connectivity index (χ4n) is 4.05. The molecule has 210 valence electrons. The number of nitrogens with two attached hydrogens (primary N) is 2. The third-order valence-electron chi connectivity index (χ3n) is 6.22. The molecule has 0 aliphatic heterocycles. The van der Waals surface area contributed by atoms with E-state index in [9.17, 15) is 24.1 Å². The maximum Gasteiger partial charge on any atom is 0.288 e. The second-order valence-electron chi connectivity index (χ2n) is 9.28. The highest BCUT2D eigenvalue weighted by Crippen LogP contribution is 2.17. The zero-order valence-electron chi connectivity index (χ0n) is 21.9. The van der Waals surface area contributed by atoms with E-state index in [1.165, 1.54) is 6.20 Å². The van der Waals surface area contributed by atoms with Gasteiger partial charge in [-0.05, 0) is 49.9 Å². The number of carbonyl (C=O) groups excluding carboxylic acids is 4. The van der Waals surface area contributed by atoms with Gasteiger partial charge < -0.3 is 27.4 Å². The lowest BCUT2D eigenvalue weighted by Crippen LogP contribution is -2.55. The number of rotatable bonds is 14. The first-order valence-corrected chi connectivity index (χ1v) is 12.9. The minimum atomic E-state index is -1.36. The van der Waals surface area contributed by atoms with Gasteiger partial charge in [-0.1, -0.05) is 48.5 Å². The number of nitroso groups, excluding NO2 is 1. The van der Waals surface area contributed by atoms with Crippen molar-refractivity contribution in [3.05, 3.63) is 77.3 Å². The number of fused-ring (bicyclic) bond motifs is 1. The van der Waals surface area contributed by atoms with Gasteiger partial charge >= 0.3 is 0 Å². The van der Waals surface area contributed by atoms with E-state index in [0.29, 0.717) is 18.5 Å². The molecule has 3 rings (SSSR count). The number of aromatic nitrogens is 1. The SMILES string of the molecule is NCCC[C@H](NC(=O)[C@@H](N)CC(=O)N=O)C(=O)N[C@H](CCc1ccccc1)C(=O)Nc1cnc2ccccc2c1. The third-order valence-corrected chi connectivity index (χ3v) is 6.22. The Hall–Kier alpha value is -4.55. The number of nitrogens with one attached hydrogen (secondary N) is 3. The minimum absolute atomic E-state index is 0.169. The van der Waals surface area contributed by atoms with Crippen molar-refractivity contribution in [3.8, 4) is 0 Å². The van der Waals surface area contributed by atoms with E-state index < -0.39 is 48.2 Å². The van der Waals surface area contributed by atoms with Crippen LogP contribution in [0.1, 0.15) is 31.2 Å². The first kappa shape index (κ1) is 30.0. The van der Waals surface area contributed by atoms with E-state index in [-0.39, 0.29) is 19.4 Å². The molecule has 12 nitrogen and oxygen atoms in total. The average Bonchev–Trinajstić information content (AvgIpc) is 2.97. The van der Waals surface area contributed by atoms with Crippen LogP contribution in [0.15, 0.2) is 72.0 Å². The molecular formula is C28H33N7O5. The normalized spacial score (nSPS) is 13.1. The van der Waals surface area contributed by atoms with Crippen LogP contribution in [0.4, 0.5) is 5.69 Å². The number of aryl methyl sites for hydroxylation is 1. The van der Waals surface area contributed by atoms with E-state index in [2.05, 4.69) is 26.1 Å². The molecule has 3 atom stereocenters. The largest absolute Gasteiger partial charge is 0.343 e. The van der Waals surface area contributed by atoms with Gasteiger partial charge in [-0.15, -0.1) is 4.91 Å². The molecule has 12 heteroatoms. The van der Waals surface area contributed by atoms with Crippen LogP contribution in [-0.2, 0) is 25.6 Å². The van der Waals surface area contributed by atoms with Gasteiger partial charge in [0.2, 0.25) is 17.7 Å². The molecule has 3 aromatic rings. The first-order valence-electron chi connectivity index (χ1n) is 12.9. The summed E-state index contributed by atoms with van der Waals surface area (Å²) in [5, 5.41) is 11.1. The number of anilines is 1. The lowest BCUT2D eigenvalue weighted by atomic mass is 10.0. The molecule has 0 spiro atoms. The lowest BCUT2D eigenvalue weighted by molar-refractivity contribution is -0.132. The van der Waals surface area contributed by atoms with Crippen molar-refractivity contribution < 1.29 is 19.2 Å². The second-order valence-corrected chi connectivity index (χ2v) is 9.28. The summed E-state index contributed by atoms with van der Waals surface area (Å²) < 4.78 is 0. The van der Waals surface area contributed by atoms with Gasteiger partial charge in [0, 0.05) is 10.6 Å². The topological polar surface area (TPSA) is 199 Å². The number of carbonyl (C=O) groups is 4. The number of amides is 4. The summed E-state index contributed by atoms with van der Waals surface area (Å²) in [6, 6.07) is 15.4. The van der Waals surface area contributed by atoms with Crippen molar-refractivity contribution in [1.82, 2.24) is 15.6 Å². The van der Waals surface area contributed by atoms with Crippen LogP contribution in [0, 0.1) is 4.91 Å². The summed E-state index contributed by atoms with van der Waals surface area (Å²) in [7, 11) is 0. The predicted octanol–water partition coefficient (Wildman–Crippen LogP) is 1.53. The Kier molecular flexibility index (Phi) is 11.4. The molecule has 0 aliphatic rings. The van der Waals surface area contributed by atoms with Crippen molar-refractivity contribution in [3.63, 3.8) is 0 Å². The summed E-state index contributed by atoms with van der Waals surface area (Å²) in [6.07, 6.45) is 2.29. The summed E-state index contributed by atoms with van der Waals surface area (Å²) in [6.45, 7) is 0.256. The Balaban J connectivity index is 1.76. The molecule has 0 bridgehead atoms. The molecular weight excluding hydrogens is 514 g/mol. The maximum atomic E-state index is 13.4. The van der Waals surface area contributed by atoms with Crippen LogP contribution in [0.25, 0.3) is 10.9 Å². The number of pyridine rings is 1. The van der Waals surface area contributed by atoms with Crippen molar-refractivity contribution >= 4 is 40.2 Å². The van der Waals surface area contributed by atoms with Crippen LogP contribution in [0.5, 0.6) is 0 Å². The van der Waals surface area contributed by atoms with E-state index >= 15 is 0 Å². The summed E-state index contributed by atoms with van der Waals surface area (Å²) in [5.41, 5.74) is 13.5. The van der Waals surface area contributed by atoms with Crippen molar-refractivity contribution in [2.75, 3.05) is 11.9 Å². The molecule has 0 saturated heterocycles. The number of benzene rings is 2. The molecule has 0 radical (unpaired) electrons. The molecule has 4 amide bonds. The Morgan fingerprint density at radius 2 is 1.55 bits per heavy atom. The minimum Gasteiger partial charge on any atom is -0.343 e. The van der Waals surface area contributed by atoms with Gasteiger partial charge in [0.05, 0.1) is 29.9 Å². The van der Waals surface area contributed by atoms with Gasteiger partial charge in [0.1, 0.15) is 12.1 Å². The predicted molar refractivity (Wildman–Crippen MR) is 151 cm³/mol.